The molecule has 2 heterocycles. The number of aromatic nitrogens is 1. The summed E-state index contributed by atoms with van der Waals surface area (Å²) in [5.74, 6) is 0. The van der Waals surface area contributed by atoms with Crippen LogP contribution in [0.2, 0.25) is 0 Å². The summed E-state index contributed by atoms with van der Waals surface area (Å²) in [6, 6.07) is 0. The van der Waals surface area contributed by atoms with Crippen molar-refractivity contribution in [3.8, 4) is 0 Å². The van der Waals surface area contributed by atoms with Crippen LogP contribution in [-0.4, -0.2) is 36.8 Å². The van der Waals surface area contributed by atoms with Gasteiger partial charge in [0.05, 0.1) is 17.9 Å². The first-order chi connectivity index (χ1) is 8.60. The Kier molecular flexibility index (Phi) is 4.59. The van der Waals surface area contributed by atoms with Crippen LogP contribution in [0.15, 0.2) is 0 Å². The van der Waals surface area contributed by atoms with Crippen molar-refractivity contribution in [1.82, 2.24) is 10.3 Å². The highest BCUT2D eigenvalue weighted by molar-refractivity contribution is 7.15. The topological polar surface area (TPSA) is 37.4 Å². The Labute approximate surface area is 113 Å². The molecular formula is C13H23N3OS. The van der Waals surface area contributed by atoms with Crippen LogP contribution >= 0.6 is 11.3 Å². The van der Waals surface area contributed by atoms with Gasteiger partial charge in [-0.25, -0.2) is 4.98 Å². The molecule has 1 saturated heterocycles. The Bertz CT molecular complexity index is 384. The summed E-state index contributed by atoms with van der Waals surface area (Å²) < 4.78 is 5.76. The van der Waals surface area contributed by atoms with Crippen molar-refractivity contribution in [2.45, 2.75) is 46.4 Å². The first kappa shape index (κ1) is 13.8. The molecule has 1 N–H and O–H groups in total. The van der Waals surface area contributed by atoms with E-state index in [1.165, 1.54) is 4.88 Å². The van der Waals surface area contributed by atoms with Crippen molar-refractivity contribution in [2.75, 3.05) is 24.5 Å². The minimum atomic E-state index is 0.287. The highest BCUT2D eigenvalue weighted by atomic mass is 32.1. The summed E-state index contributed by atoms with van der Waals surface area (Å²) in [6.07, 6.45) is 0.574. The number of aryl methyl sites for hydroxylation is 1. The van der Waals surface area contributed by atoms with Gasteiger partial charge in [-0.15, -0.1) is 11.3 Å². The number of nitrogens with one attached hydrogen (secondary N) is 1. The maximum atomic E-state index is 5.76. The van der Waals surface area contributed by atoms with Crippen molar-refractivity contribution in [3.05, 3.63) is 10.6 Å². The van der Waals surface area contributed by atoms with E-state index < -0.39 is 0 Å². The number of hydrogen-bond acceptors (Lipinski definition) is 5. The highest BCUT2D eigenvalue weighted by Crippen LogP contribution is 2.28. The molecule has 0 radical (unpaired) electrons. The second-order valence-electron chi connectivity index (χ2n) is 4.95. The van der Waals surface area contributed by atoms with Crippen molar-refractivity contribution in [2.24, 2.45) is 0 Å². The van der Waals surface area contributed by atoms with Crippen LogP contribution < -0.4 is 10.2 Å². The summed E-state index contributed by atoms with van der Waals surface area (Å²) in [5.41, 5.74) is 1.16. The van der Waals surface area contributed by atoms with E-state index in [9.17, 15) is 0 Å². The van der Waals surface area contributed by atoms with Gasteiger partial charge in [-0.05, 0) is 27.3 Å². The molecule has 1 aliphatic rings. The summed E-state index contributed by atoms with van der Waals surface area (Å²) in [5, 5.41) is 4.51. The second kappa shape index (κ2) is 5.99. The van der Waals surface area contributed by atoms with E-state index >= 15 is 0 Å². The van der Waals surface area contributed by atoms with Crippen molar-refractivity contribution < 1.29 is 4.74 Å². The molecule has 0 spiro atoms. The van der Waals surface area contributed by atoms with Gasteiger partial charge in [0.15, 0.2) is 5.13 Å². The lowest BCUT2D eigenvalue weighted by atomic mass is 10.2. The largest absolute Gasteiger partial charge is 0.372 e. The molecule has 0 aliphatic carbocycles. The fraction of sp³-hybridized carbons (Fsp3) is 0.769. The van der Waals surface area contributed by atoms with Crippen LogP contribution in [0, 0.1) is 6.92 Å². The van der Waals surface area contributed by atoms with Gasteiger partial charge >= 0.3 is 0 Å². The summed E-state index contributed by atoms with van der Waals surface area (Å²) >= 11 is 1.81. The number of nitrogens with zero attached hydrogens (tertiary/aromatic N) is 2. The standard InChI is InChI=1S/C13H23N3OS/c1-5-14-6-12-11(4)15-13(18-12)16-7-9(2)17-10(3)8-16/h9-10,14H,5-8H2,1-4H3/t9-,10+. The summed E-state index contributed by atoms with van der Waals surface area (Å²) in [4.78, 5) is 8.40. The molecule has 1 aromatic heterocycles. The Balaban J connectivity index is 2.08. The van der Waals surface area contributed by atoms with Gasteiger partial charge in [0.1, 0.15) is 0 Å². The van der Waals surface area contributed by atoms with Crippen molar-refractivity contribution in [3.63, 3.8) is 0 Å². The van der Waals surface area contributed by atoms with E-state index in [2.05, 4.69) is 37.9 Å². The molecule has 0 amide bonds. The lowest BCUT2D eigenvalue weighted by Crippen LogP contribution is -2.45. The third kappa shape index (κ3) is 3.22. The van der Waals surface area contributed by atoms with Crippen LogP contribution in [-0.2, 0) is 11.3 Å². The molecule has 102 valence electrons. The predicted octanol–water partition coefficient (Wildman–Crippen LogP) is 2.17. The molecule has 0 saturated carbocycles. The van der Waals surface area contributed by atoms with Crippen LogP contribution in [0.4, 0.5) is 5.13 Å². The molecule has 5 heteroatoms. The average Bonchev–Trinajstić information content (AvgIpc) is 2.67. The molecule has 0 aromatic carbocycles. The molecule has 4 nitrogen and oxygen atoms in total. The number of morpholine rings is 1. The molecule has 18 heavy (non-hydrogen) atoms. The zero-order valence-electron chi connectivity index (χ0n) is 11.7. The minimum absolute atomic E-state index is 0.287. The monoisotopic (exact) mass is 269 g/mol. The molecule has 2 rings (SSSR count). The summed E-state index contributed by atoms with van der Waals surface area (Å²) in [7, 11) is 0. The van der Waals surface area contributed by atoms with Gasteiger partial charge in [0, 0.05) is 24.5 Å². The fourth-order valence-electron chi connectivity index (χ4n) is 2.28. The smallest absolute Gasteiger partial charge is 0.185 e. The SMILES string of the molecule is CCNCc1sc(N2C[C@@H](C)O[C@@H](C)C2)nc1C. The number of ether oxygens (including phenoxy) is 1. The first-order valence-corrected chi connectivity index (χ1v) is 7.49. The van der Waals surface area contributed by atoms with Gasteiger partial charge in [0.25, 0.3) is 0 Å². The van der Waals surface area contributed by atoms with Gasteiger partial charge in [-0.1, -0.05) is 6.92 Å². The predicted molar refractivity (Wildman–Crippen MR) is 76.5 cm³/mol. The normalized spacial score (nSPS) is 24.6. The Morgan fingerprint density at radius 2 is 2.06 bits per heavy atom. The van der Waals surface area contributed by atoms with E-state index in [1.54, 1.807) is 11.3 Å². The van der Waals surface area contributed by atoms with E-state index in [4.69, 9.17) is 9.72 Å². The second-order valence-corrected chi connectivity index (χ2v) is 6.01. The van der Waals surface area contributed by atoms with Crippen LogP contribution in [0.25, 0.3) is 0 Å². The molecule has 0 unspecified atom stereocenters. The van der Waals surface area contributed by atoms with Crippen LogP contribution in [0.1, 0.15) is 31.3 Å². The van der Waals surface area contributed by atoms with Crippen molar-refractivity contribution >= 4 is 16.5 Å². The Morgan fingerprint density at radius 3 is 2.67 bits per heavy atom. The maximum absolute atomic E-state index is 5.76. The Morgan fingerprint density at radius 1 is 1.39 bits per heavy atom. The average molecular weight is 269 g/mol. The van der Waals surface area contributed by atoms with E-state index in [1.807, 2.05) is 0 Å². The Hall–Kier alpha value is -0.650. The third-order valence-corrected chi connectivity index (χ3v) is 4.33. The quantitative estimate of drug-likeness (QED) is 0.909. The maximum Gasteiger partial charge on any atom is 0.185 e. The van der Waals surface area contributed by atoms with Gasteiger partial charge in [0.2, 0.25) is 0 Å². The van der Waals surface area contributed by atoms with Gasteiger partial charge in [-0.2, -0.15) is 0 Å². The lowest BCUT2D eigenvalue weighted by Gasteiger charge is -2.35. The zero-order chi connectivity index (χ0) is 13.1. The van der Waals surface area contributed by atoms with Gasteiger partial charge in [-0.3, -0.25) is 0 Å². The van der Waals surface area contributed by atoms with E-state index in [0.717, 1.165) is 37.0 Å². The summed E-state index contributed by atoms with van der Waals surface area (Å²) in [6.45, 7) is 12.3. The third-order valence-electron chi connectivity index (χ3n) is 3.11. The van der Waals surface area contributed by atoms with Crippen molar-refractivity contribution in [1.29, 1.82) is 0 Å². The molecule has 1 aromatic rings. The molecule has 1 aliphatic heterocycles. The number of thiazole rings is 1. The number of hydrogen-bond donors (Lipinski definition) is 1. The number of rotatable bonds is 4. The lowest BCUT2D eigenvalue weighted by molar-refractivity contribution is -0.00523. The number of anilines is 1. The molecule has 2 atom stereocenters. The first-order valence-electron chi connectivity index (χ1n) is 6.67. The van der Waals surface area contributed by atoms with Crippen LogP contribution in [0.3, 0.4) is 0 Å². The fourth-order valence-corrected chi connectivity index (χ4v) is 3.33. The van der Waals surface area contributed by atoms with E-state index in [-0.39, 0.29) is 12.2 Å². The molecule has 0 bridgehead atoms. The highest BCUT2D eigenvalue weighted by Gasteiger charge is 2.24. The zero-order valence-corrected chi connectivity index (χ0v) is 12.5. The van der Waals surface area contributed by atoms with E-state index in [0.29, 0.717) is 0 Å². The molecule has 1 fully saturated rings. The van der Waals surface area contributed by atoms with Gasteiger partial charge < -0.3 is 15.0 Å². The van der Waals surface area contributed by atoms with Crippen LogP contribution in [0.5, 0.6) is 0 Å². The minimum Gasteiger partial charge on any atom is -0.372 e. The molecular weight excluding hydrogens is 246 g/mol.